The number of benzene rings is 1. The summed E-state index contributed by atoms with van der Waals surface area (Å²) in [5.41, 5.74) is 9.68. The van der Waals surface area contributed by atoms with Crippen molar-refractivity contribution in [3.63, 3.8) is 0 Å². The van der Waals surface area contributed by atoms with Crippen LogP contribution in [-0.2, 0) is 6.42 Å². The lowest BCUT2D eigenvalue weighted by Gasteiger charge is -2.19. The number of likely N-dealkylation sites (N-methyl/N-ethyl adjacent to an activating group) is 1. The molecule has 1 aromatic carbocycles. The van der Waals surface area contributed by atoms with Gasteiger partial charge in [-0.2, -0.15) is 0 Å². The van der Waals surface area contributed by atoms with Gasteiger partial charge in [0.15, 0.2) is 0 Å². The van der Waals surface area contributed by atoms with E-state index in [-0.39, 0.29) is 6.04 Å². The van der Waals surface area contributed by atoms with Crippen molar-refractivity contribution in [3.8, 4) is 5.75 Å². The van der Waals surface area contributed by atoms with E-state index in [0.29, 0.717) is 0 Å². The third kappa shape index (κ3) is 5.21. The second-order valence-corrected chi connectivity index (χ2v) is 5.57. The molecule has 3 heteroatoms. The topological polar surface area (TPSA) is 38.5 Å². The Hall–Kier alpha value is -1.06. The number of rotatable bonds is 7. The van der Waals surface area contributed by atoms with Crippen molar-refractivity contribution in [2.75, 3.05) is 27.2 Å². The molecule has 1 rings (SSSR count). The summed E-state index contributed by atoms with van der Waals surface area (Å²) in [6, 6.07) is 4.65. The maximum Gasteiger partial charge on any atom is 0.122 e. The fourth-order valence-electron chi connectivity index (χ4n) is 2.08. The van der Waals surface area contributed by atoms with Crippen LogP contribution in [-0.4, -0.2) is 38.2 Å². The second-order valence-electron chi connectivity index (χ2n) is 5.57. The first-order valence-corrected chi connectivity index (χ1v) is 7.02. The van der Waals surface area contributed by atoms with Crippen molar-refractivity contribution in [2.45, 2.75) is 39.7 Å². The van der Waals surface area contributed by atoms with Crippen LogP contribution in [0.2, 0.25) is 0 Å². The highest BCUT2D eigenvalue weighted by Crippen LogP contribution is 2.23. The number of hydrogen-bond acceptors (Lipinski definition) is 3. The zero-order chi connectivity index (χ0) is 14.4. The lowest BCUT2D eigenvalue weighted by molar-refractivity contribution is 0.322. The molecule has 0 aliphatic rings. The fourth-order valence-corrected chi connectivity index (χ4v) is 2.08. The molecule has 1 atom stereocenters. The Morgan fingerprint density at radius 1 is 1.21 bits per heavy atom. The van der Waals surface area contributed by atoms with Gasteiger partial charge in [0.05, 0.1) is 7.11 Å². The van der Waals surface area contributed by atoms with Crippen molar-refractivity contribution < 1.29 is 4.74 Å². The summed E-state index contributed by atoms with van der Waals surface area (Å²) in [6.07, 6.45) is 2.06. The Balaban J connectivity index is 2.59. The zero-order valence-electron chi connectivity index (χ0n) is 13.0. The van der Waals surface area contributed by atoms with Crippen LogP contribution in [0.15, 0.2) is 12.1 Å². The molecular formula is C16H28N2O. The number of ether oxygens (including phenoxy) is 1. The maximum atomic E-state index is 5.78. The van der Waals surface area contributed by atoms with Crippen molar-refractivity contribution in [1.82, 2.24) is 4.90 Å². The summed E-state index contributed by atoms with van der Waals surface area (Å²) >= 11 is 0. The van der Waals surface area contributed by atoms with E-state index < -0.39 is 0 Å². The van der Waals surface area contributed by atoms with Gasteiger partial charge in [-0.15, -0.1) is 0 Å². The van der Waals surface area contributed by atoms with Gasteiger partial charge < -0.3 is 15.4 Å². The summed E-state index contributed by atoms with van der Waals surface area (Å²) in [5.74, 6) is 1.00. The van der Waals surface area contributed by atoms with Gasteiger partial charge in [0, 0.05) is 12.6 Å². The van der Waals surface area contributed by atoms with Gasteiger partial charge in [-0.05, 0) is 70.0 Å². The minimum Gasteiger partial charge on any atom is -0.496 e. The quantitative estimate of drug-likeness (QED) is 0.822. The van der Waals surface area contributed by atoms with Crippen LogP contribution in [0.3, 0.4) is 0 Å². The summed E-state index contributed by atoms with van der Waals surface area (Å²) in [4.78, 5) is 2.33. The average molecular weight is 264 g/mol. The molecule has 0 aliphatic carbocycles. The largest absolute Gasteiger partial charge is 0.496 e. The summed E-state index contributed by atoms with van der Waals surface area (Å²) in [5, 5.41) is 0. The van der Waals surface area contributed by atoms with E-state index in [4.69, 9.17) is 10.5 Å². The minimum atomic E-state index is 0.276. The van der Waals surface area contributed by atoms with Crippen LogP contribution in [0.5, 0.6) is 5.75 Å². The molecule has 0 bridgehead atoms. The number of aryl methyl sites for hydroxylation is 2. The van der Waals surface area contributed by atoms with Crippen LogP contribution >= 0.6 is 0 Å². The SMILES string of the molecule is COc1cc(C)c(C)cc1CCN(C)CCC(C)N. The summed E-state index contributed by atoms with van der Waals surface area (Å²) < 4.78 is 5.47. The first kappa shape index (κ1) is 16.0. The molecule has 0 fully saturated rings. The lowest BCUT2D eigenvalue weighted by atomic mass is 10.0. The molecule has 1 unspecified atom stereocenters. The lowest BCUT2D eigenvalue weighted by Crippen LogP contribution is -2.27. The molecule has 0 spiro atoms. The first-order valence-electron chi connectivity index (χ1n) is 7.02. The molecule has 19 heavy (non-hydrogen) atoms. The van der Waals surface area contributed by atoms with Crippen molar-refractivity contribution >= 4 is 0 Å². The fraction of sp³-hybridized carbons (Fsp3) is 0.625. The number of methoxy groups -OCH3 is 1. The standard InChI is InChI=1S/C16H28N2O/c1-12-10-15(16(19-5)11-13(12)2)7-9-18(4)8-6-14(3)17/h10-11,14H,6-9,17H2,1-5H3. The predicted octanol–water partition coefficient (Wildman–Crippen LogP) is 2.52. The third-order valence-electron chi connectivity index (χ3n) is 3.63. The molecular weight excluding hydrogens is 236 g/mol. The van der Waals surface area contributed by atoms with E-state index >= 15 is 0 Å². The zero-order valence-corrected chi connectivity index (χ0v) is 13.0. The van der Waals surface area contributed by atoms with Crippen molar-refractivity contribution in [1.29, 1.82) is 0 Å². The summed E-state index contributed by atoms with van der Waals surface area (Å²) in [6.45, 7) is 8.41. The highest BCUT2D eigenvalue weighted by Gasteiger charge is 2.08. The van der Waals surface area contributed by atoms with Crippen molar-refractivity contribution in [2.24, 2.45) is 5.73 Å². The van der Waals surface area contributed by atoms with Crippen LogP contribution in [0.25, 0.3) is 0 Å². The van der Waals surface area contributed by atoms with E-state index in [2.05, 4.69) is 44.9 Å². The van der Waals surface area contributed by atoms with Gasteiger partial charge in [0.1, 0.15) is 5.75 Å². The molecule has 0 amide bonds. The molecule has 2 N–H and O–H groups in total. The van der Waals surface area contributed by atoms with Gasteiger partial charge in [0.2, 0.25) is 0 Å². The predicted molar refractivity (Wildman–Crippen MR) is 81.9 cm³/mol. The highest BCUT2D eigenvalue weighted by molar-refractivity contribution is 5.41. The number of nitrogens with zero attached hydrogens (tertiary/aromatic N) is 1. The monoisotopic (exact) mass is 264 g/mol. The molecule has 0 heterocycles. The van der Waals surface area contributed by atoms with Gasteiger partial charge in [-0.1, -0.05) is 6.07 Å². The van der Waals surface area contributed by atoms with E-state index in [0.717, 1.165) is 31.7 Å². The molecule has 0 saturated heterocycles. The Morgan fingerprint density at radius 3 is 2.42 bits per heavy atom. The number of nitrogens with two attached hydrogens (primary N) is 1. The first-order chi connectivity index (χ1) is 8.93. The second kappa shape index (κ2) is 7.51. The van der Waals surface area contributed by atoms with Gasteiger partial charge in [0.25, 0.3) is 0 Å². The smallest absolute Gasteiger partial charge is 0.122 e. The molecule has 0 radical (unpaired) electrons. The van der Waals surface area contributed by atoms with Crippen LogP contribution in [0.1, 0.15) is 30.0 Å². The molecule has 1 aromatic rings. The molecule has 0 aliphatic heterocycles. The van der Waals surface area contributed by atoms with Gasteiger partial charge >= 0.3 is 0 Å². The molecule has 108 valence electrons. The minimum absolute atomic E-state index is 0.276. The molecule has 0 aromatic heterocycles. The average Bonchev–Trinajstić information content (AvgIpc) is 2.37. The van der Waals surface area contributed by atoms with E-state index in [1.807, 2.05) is 0 Å². The van der Waals surface area contributed by atoms with Gasteiger partial charge in [-0.3, -0.25) is 0 Å². The normalized spacial score (nSPS) is 12.8. The third-order valence-corrected chi connectivity index (χ3v) is 3.63. The van der Waals surface area contributed by atoms with Crippen LogP contribution < -0.4 is 10.5 Å². The Kier molecular flexibility index (Phi) is 6.32. The summed E-state index contributed by atoms with van der Waals surface area (Å²) in [7, 11) is 3.89. The molecule has 3 nitrogen and oxygen atoms in total. The molecule has 0 saturated carbocycles. The van der Waals surface area contributed by atoms with E-state index in [1.54, 1.807) is 7.11 Å². The van der Waals surface area contributed by atoms with Crippen molar-refractivity contribution in [3.05, 3.63) is 28.8 Å². The van der Waals surface area contributed by atoms with Crippen LogP contribution in [0.4, 0.5) is 0 Å². The van der Waals surface area contributed by atoms with E-state index in [1.165, 1.54) is 16.7 Å². The Labute approximate surface area is 117 Å². The Morgan fingerprint density at radius 2 is 1.84 bits per heavy atom. The van der Waals surface area contributed by atoms with Crippen LogP contribution in [0, 0.1) is 13.8 Å². The number of hydrogen-bond donors (Lipinski definition) is 1. The highest BCUT2D eigenvalue weighted by atomic mass is 16.5. The van der Waals surface area contributed by atoms with Gasteiger partial charge in [-0.25, -0.2) is 0 Å². The van der Waals surface area contributed by atoms with E-state index in [9.17, 15) is 0 Å². The maximum absolute atomic E-state index is 5.78. The Bertz CT molecular complexity index is 402.